The van der Waals surface area contributed by atoms with Crippen LogP contribution in [0.25, 0.3) is 0 Å². The van der Waals surface area contributed by atoms with Gasteiger partial charge in [0.15, 0.2) is 0 Å². The van der Waals surface area contributed by atoms with E-state index < -0.39 is 0 Å². The highest BCUT2D eigenvalue weighted by atomic mass is 79.9. The van der Waals surface area contributed by atoms with Crippen LogP contribution >= 0.6 is 27.5 Å². The number of carbonyl (C=O) groups excluding carboxylic acids is 1. The van der Waals surface area contributed by atoms with Crippen molar-refractivity contribution in [3.05, 3.63) is 27.7 Å². The molecule has 16 heavy (non-hydrogen) atoms. The lowest BCUT2D eigenvalue weighted by atomic mass is 10.1. The van der Waals surface area contributed by atoms with Crippen LogP contribution in [0.5, 0.6) is 0 Å². The third-order valence-corrected chi connectivity index (χ3v) is 4.16. The summed E-state index contributed by atoms with van der Waals surface area (Å²) >= 11 is 9.27. The molecule has 1 aromatic carbocycles. The van der Waals surface area contributed by atoms with E-state index in [1.807, 2.05) is 19.1 Å². The molecular formula is C12H13BrClNO. The molecule has 4 heteroatoms. The van der Waals surface area contributed by atoms with Gasteiger partial charge in [-0.3, -0.25) is 4.79 Å². The van der Waals surface area contributed by atoms with Crippen molar-refractivity contribution >= 4 is 39.1 Å². The summed E-state index contributed by atoms with van der Waals surface area (Å²) in [4.78, 5) is 11.8. The van der Waals surface area contributed by atoms with Crippen molar-refractivity contribution in [2.45, 2.75) is 19.8 Å². The van der Waals surface area contributed by atoms with Gasteiger partial charge in [0.05, 0.1) is 5.02 Å². The molecule has 1 fully saturated rings. The molecule has 0 aliphatic heterocycles. The van der Waals surface area contributed by atoms with Gasteiger partial charge in [0.1, 0.15) is 0 Å². The topological polar surface area (TPSA) is 29.1 Å². The molecule has 1 aliphatic rings. The standard InChI is InChI=1S/C12H13BrClNO/c1-7(8-2-3-8)12(16)15-9-4-5-10(13)11(14)6-9/h4-8H,2-3H2,1H3,(H,15,16). The third-order valence-electron chi connectivity index (χ3n) is 2.93. The van der Waals surface area contributed by atoms with Gasteiger partial charge in [0.25, 0.3) is 0 Å². The molecule has 0 heterocycles. The summed E-state index contributed by atoms with van der Waals surface area (Å²) in [5.74, 6) is 0.759. The van der Waals surface area contributed by atoms with Crippen molar-refractivity contribution in [3.63, 3.8) is 0 Å². The first-order valence-corrected chi connectivity index (χ1v) is 6.51. The molecule has 1 atom stereocenters. The van der Waals surface area contributed by atoms with E-state index >= 15 is 0 Å². The number of anilines is 1. The number of halogens is 2. The van der Waals surface area contributed by atoms with Crippen molar-refractivity contribution in [2.75, 3.05) is 5.32 Å². The molecule has 86 valence electrons. The van der Waals surface area contributed by atoms with Gasteiger partial charge in [-0.1, -0.05) is 18.5 Å². The van der Waals surface area contributed by atoms with E-state index in [1.165, 1.54) is 12.8 Å². The molecule has 0 radical (unpaired) electrons. The highest BCUT2D eigenvalue weighted by Crippen LogP contribution is 2.37. The minimum Gasteiger partial charge on any atom is -0.326 e. The van der Waals surface area contributed by atoms with Gasteiger partial charge >= 0.3 is 0 Å². The van der Waals surface area contributed by atoms with E-state index in [0.717, 1.165) is 10.2 Å². The summed E-state index contributed by atoms with van der Waals surface area (Å²) < 4.78 is 0.836. The van der Waals surface area contributed by atoms with Crippen LogP contribution in [-0.4, -0.2) is 5.91 Å². The fourth-order valence-electron chi connectivity index (χ4n) is 1.64. The zero-order valence-electron chi connectivity index (χ0n) is 8.97. The zero-order valence-corrected chi connectivity index (χ0v) is 11.3. The Morgan fingerprint density at radius 2 is 2.25 bits per heavy atom. The predicted octanol–water partition coefficient (Wildman–Crippen LogP) is 4.09. The summed E-state index contributed by atoms with van der Waals surface area (Å²) in [5.41, 5.74) is 0.755. The first-order valence-electron chi connectivity index (χ1n) is 5.34. The number of hydrogen-bond donors (Lipinski definition) is 1. The highest BCUT2D eigenvalue weighted by molar-refractivity contribution is 9.10. The molecule has 0 bridgehead atoms. The van der Waals surface area contributed by atoms with Crippen molar-refractivity contribution in [1.82, 2.24) is 0 Å². The van der Waals surface area contributed by atoms with Crippen LogP contribution in [0, 0.1) is 11.8 Å². The Morgan fingerprint density at radius 3 is 2.81 bits per heavy atom. The van der Waals surface area contributed by atoms with Gasteiger partial charge in [-0.25, -0.2) is 0 Å². The van der Waals surface area contributed by atoms with Gasteiger partial charge in [0, 0.05) is 16.1 Å². The maximum Gasteiger partial charge on any atom is 0.227 e. The smallest absolute Gasteiger partial charge is 0.227 e. The maximum atomic E-state index is 11.8. The molecule has 0 aromatic heterocycles. The van der Waals surface area contributed by atoms with Crippen LogP contribution in [-0.2, 0) is 4.79 Å². The first-order chi connectivity index (χ1) is 7.58. The van der Waals surface area contributed by atoms with E-state index in [1.54, 1.807) is 6.07 Å². The largest absolute Gasteiger partial charge is 0.326 e. The second-order valence-corrected chi connectivity index (χ2v) is 5.51. The fourth-order valence-corrected chi connectivity index (χ4v) is 2.07. The average Bonchev–Trinajstić information content (AvgIpc) is 3.06. The second-order valence-electron chi connectivity index (χ2n) is 4.24. The number of hydrogen-bond acceptors (Lipinski definition) is 1. The molecule has 1 amide bonds. The van der Waals surface area contributed by atoms with Gasteiger partial charge < -0.3 is 5.32 Å². The van der Waals surface area contributed by atoms with Gasteiger partial charge in [-0.2, -0.15) is 0 Å². The van der Waals surface area contributed by atoms with E-state index in [9.17, 15) is 4.79 Å². The molecule has 1 unspecified atom stereocenters. The molecule has 0 saturated heterocycles. The number of benzene rings is 1. The number of nitrogens with one attached hydrogen (secondary N) is 1. The molecule has 0 spiro atoms. The van der Waals surface area contributed by atoms with Crippen LogP contribution < -0.4 is 5.32 Å². The third kappa shape index (κ3) is 2.77. The lowest BCUT2D eigenvalue weighted by Gasteiger charge is -2.11. The summed E-state index contributed by atoms with van der Waals surface area (Å²) in [5, 5.41) is 3.50. The maximum absolute atomic E-state index is 11.8. The SMILES string of the molecule is CC(C(=O)Nc1ccc(Br)c(Cl)c1)C1CC1. The Hall–Kier alpha value is -0.540. The zero-order chi connectivity index (χ0) is 11.7. The van der Waals surface area contributed by atoms with Crippen LogP contribution in [0.15, 0.2) is 22.7 Å². The highest BCUT2D eigenvalue weighted by Gasteiger charge is 2.32. The minimum atomic E-state index is 0.0842. The normalized spacial score (nSPS) is 16.9. The van der Waals surface area contributed by atoms with E-state index in [4.69, 9.17) is 11.6 Å². The summed E-state index contributed by atoms with van der Waals surface area (Å²) in [6, 6.07) is 5.43. The number of carbonyl (C=O) groups is 1. The Bertz CT molecular complexity index is 417. The summed E-state index contributed by atoms with van der Waals surface area (Å²) in [6.07, 6.45) is 2.35. The lowest BCUT2D eigenvalue weighted by Crippen LogP contribution is -2.21. The fraction of sp³-hybridized carbons (Fsp3) is 0.417. The second kappa shape index (κ2) is 4.76. The Labute approximate surface area is 108 Å². The Morgan fingerprint density at radius 1 is 1.56 bits per heavy atom. The van der Waals surface area contributed by atoms with Crippen molar-refractivity contribution in [2.24, 2.45) is 11.8 Å². The quantitative estimate of drug-likeness (QED) is 0.895. The van der Waals surface area contributed by atoms with Gasteiger partial charge in [0.2, 0.25) is 5.91 Å². The van der Waals surface area contributed by atoms with E-state index in [0.29, 0.717) is 10.9 Å². The monoisotopic (exact) mass is 301 g/mol. The molecule has 1 N–H and O–H groups in total. The van der Waals surface area contributed by atoms with E-state index in [2.05, 4.69) is 21.2 Å². The van der Waals surface area contributed by atoms with Crippen LogP contribution in [0.1, 0.15) is 19.8 Å². The molecular weight excluding hydrogens is 289 g/mol. The van der Waals surface area contributed by atoms with Crippen molar-refractivity contribution < 1.29 is 4.79 Å². The average molecular weight is 303 g/mol. The minimum absolute atomic E-state index is 0.0842. The predicted molar refractivity (Wildman–Crippen MR) is 69.7 cm³/mol. The Kier molecular flexibility index (Phi) is 3.55. The molecule has 1 saturated carbocycles. The molecule has 1 aromatic rings. The van der Waals surface area contributed by atoms with Crippen LogP contribution in [0.3, 0.4) is 0 Å². The molecule has 2 nitrogen and oxygen atoms in total. The van der Waals surface area contributed by atoms with Crippen molar-refractivity contribution in [1.29, 1.82) is 0 Å². The van der Waals surface area contributed by atoms with Crippen molar-refractivity contribution in [3.8, 4) is 0 Å². The molecule has 1 aliphatic carbocycles. The molecule has 2 rings (SSSR count). The summed E-state index contributed by atoms with van der Waals surface area (Å²) in [7, 11) is 0. The number of amides is 1. The van der Waals surface area contributed by atoms with E-state index in [-0.39, 0.29) is 11.8 Å². The van der Waals surface area contributed by atoms with Crippen LogP contribution in [0.2, 0.25) is 5.02 Å². The van der Waals surface area contributed by atoms with Gasteiger partial charge in [-0.05, 0) is 52.9 Å². The van der Waals surface area contributed by atoms with Gasteiger partial charge in [-0.15, -0.1) is 0 Å². The lowest BCUT2D eigenvalue weighted by molar-refractivity contribution is -0.119. The summed E-state index contributed by atoms with van der Waals surface area (Å²) in [6.45, 7) is 1.98. The van der Waals surface area contributed by atoms with Crippen LogP contribution in [0.4, 0.5) is 5.69 Å². The number of rotatable bonds is 3. The first kappa shape index (κ1) is 11.9. The Balaban J connectivity index is 2.02.